The zero-order valence-corrected chi connectivity index (χ0v) is 20.1. The van der Waals surface area contributed by atoms with Gasteiger partial charge in [-0.15, -0.1) is 0 Å². The van der Waals surface area contributed by atoms with Crippen molar-refractivity contribution in [2.24, 2.45) is 15.3 Å². The Kier molecular flexibility index (Phi) is 7.86. The molecule has 3 rings (SSSR count). The molecule has 0 saturated carbocycles. The van der Waals surface area contributed by atoms with E-state index in [-0.39, 0.29) is 46.0 Å². The molecule has 1 aliphatic rings. The maximum Gasteiger partial charge on any atom is 1.00 e. The molecule has 1 heterocycles. The molecule has 2 aromatic carbocycles. The second-order valence-corrected chi connectivity index (χ2v) is 8.30. The van der Waals surface area contributed by atoms with E-state index >= 15 is 0 Å². The first-order chi connectivity index (χ1) is 13.1. The van der Waals surface area contributed by atoms with E-state index < -0.39 is 27.0 Å². The van der Waals surface area contributed by atoms with Crippen molar-refractivity contribution in [1.29, 1.82) is 0 Å². The second kappa shape index (κ2) is 9.40. The summed E-state index contributed by atoms with van der Waals surface area (Å²) in [6.07, 6.45) is 0. The van der Waals surface area contributed by atoms with Gasteiger partial charge in [0.15, 0.2) is 6.04 Å². The van der Waals surface area contributed by atoms with Crippen LogP contribution < -0.4 is 34.6 Å². The van der Waals surface area contributed by atoms with Gasteiger partial charge in [0.25, 0.3) is 5.91 Å². The Morgan fingerprint density at radius 1 is 1.10 bits per heavy atom. The predicted octanol–water partition coefficient (Wildman–Crippen LogP) is 1.43. The Bertz CT molecular complexity index is 1140. The fraction of sp³-hybridized carbons (Fsp3) is 0.125. The average Bonchev–Trinajstić information content (AvgIpc) is 2.89. The van der Waals surface area contributed by atoms with Gasteiger partial charge in [-0.1, -0.05) is 34.8 Å². The number of hydrogen-bond donors (Lipinski definition) is 0. The quantitative estimate of drug-likeness (QED) is 0.372. The molecule has 0 spiro atoms. The normalized spacial score (nSPS) is 16.9. The number of rotatable bonds is 4. The molecule has 1 aliphatic heterocycles. The van der Waals surface area contributed by atoms with E-state index in [0.29, 0.717) is 15.8 Å². The SMILES string of the molecule is CC1=NN(c2cc(S(=O)(=O)[O-])ccc2Cl)C(=O)C1N=Nc1cc(Cl)ccc1Cl.[Na+]. The predicted molar refractivity (Wildman–Crippen MR) is 105 cm³/mol. The second-order valence-electron chi connectivity index (χ2n) is 5.67. The monoisotopic (exact) mass is 482 g/mol. The summed E-state index contributed by atoms with van der Waals surface area (Å²) in [5.41, 5.74) is 0.505. The van der Waals surface area contributed by atoms with Crippen molar-refractivity contribution in [3.8, 4) is 0 Å². The fourth-order valence-electron chi connectivity index (χ4n) is 2.35. The number of halogens is 3. The summed E-state index contributed by atoms with van der Waals surface area (Å²) in [5, 5.41) is 13.6. The van der Waals surface area contributed by atoms with Gasteiger partial charge in [-0.2, -0.15) is 20.3 Å². The van der Waals surface area contributed by atoms with Crippen LogP contribution in [0.25, 0.3) is 0 Å². The molecule has 146 valence electrons. The number of nitrogens with zero attached hydrogens (tertiary/aromatic N) is 4. The number of hydrogen-bond acceptors (Lipinski definition) is 7. The van der Waals surface area contributed by atoms with Crippen molar-refractivity contribution in [3.05, 3.63) is 51.5 Å². The molecule has 0 fully saturated rings. The van der Waals surface area contributed by atoms with Crippen LogP contribution in [0.5, 0.6) is 0 Å². The smallest absolute Gasteiger partial charge is 0.744 e. The van der Waals surface area contributed by atoms with Crippen molar-refractivity contribution in [1.82, 2.24) is 0 Å². The van der Waals surface area contributed by atoms with Gasteiger partial charge in [-0.05, 0) is 43.3 Å². The molecule has 8 nitrogen and oxygen atoms in total. The third-order valence-electron chi connectivity index (χ3n) is 3.72. The van der Waals surface area contributed by atoms with Crippen molar-refractivity contribution in [3.63, 3.8) is 0 Å². The molecule has 1 amide bonds. The first-order valence-electron chi connectivity index (χ1n) is 7.58. The maximum absolute atomic E-state index is 12.7. The Balaban J connectivity index is 0.00000300. The van der Waals surface area contributed by atoms with Crippen molar-refractivity contribution in [2.75, 3.05) is 5.01 Å². The van der Waals surface area contributed by atoms with Gasteiger partial charge in [-0.25, -0.2) is 8.42 Å². The molecule has 29 heavy (non-hydrogen) atoms. The van der Waals surface area contributed by atoms with Gasteiger partial charge in [0.05, 0.1) is 26.3 Å². The van der Waals surface area contributed by atoms with Gasteiger partial charge in [0.1, 0.15) is 15.8 Å². The van der Waals surface area contributed by atoms with Crippen molar-refractivity contribution >= 4 is 67.9 Å². The number of hydrazone groups is 1. The van der Waals surface area contributed by atoms with Gasteiger partial charge >= 0.3 is 29.6 Å². The van der Waals surface area contributed by atoms with Gasteiger partial charge in [-0.3, -0.25) is 4.79 Å². The van der Waals surface area contributed by atoms with Crippen LogP contribution in [-0.4, -0.2) is 30.6 Å². The summed E-state index contributed by atoms with van der Waals surface area (Å²) in [7, 11) is -4.74. The Morgan fingerprint density at radius 2 is 1.76 bits per heavy atom. The standard InChI is InChI=1S/C16H11Cl3N4O4S.Na/c1-8-15(21-20-13-6-9(17)2-4-11(13)18)16(24)23(22-8)14-7-10(28(25,26)27)3-5-12(14)19;/h2-7,15H,1H3,(H,25,26,27);/q;+1/p-1. The van der Waals surface area contributed by atoms with Crippen molar-refractivity contribution in [2.45, 2.75) is 17.9 Å². The molecule has 1 unspecified atom stereocenters. The first kappa shape index (κ1) is 24.2. The summed E-state index contributed by atoms with van der Waals surface area (Å²) in [6.45, 7) is 1.54. The summed E-state index contributed by atoms with van der Waals surface area (Å²) in [4.78, 5) is 12.2. The Hall–Kier alpha value is -1.04. The Morgan fingerprint density at radius 3 is 2.41 bits per heavy atom. The van der Waals surface area contributed by atoms with E-state index in [4.69, 9.17) is 34.8 Å². The topological polar surface area (TPSA) is 115 Å². The number of amides is 1. The molecule has 0 saturated heterocycles. The minimum absolute atomic E-state index is 0. The van der Waals surface area contributed by atoms with Gasteiger partial charge in [0, 0.05) is 5.02 Å². The van der Waals surface area contributed by atoms with E-state index in [0.717, 1.165) is 17.1 Å². The molecule has 0 aromatic heterocycles. The molecule has 1 atom stereocenters. The van der Waals surface area contributed by atoms with Crippen LogP contribution >= 0.6 is 34.8 Å². The van der Waals surface area contributed by atoms with Crippen LogP contribution in [0.3, 0.4) is 0 Å². The summed E-state index contributed by atoms with van der Waals surface area (Å²) >= 11 is 18.0. The number of carbonyl (C=O) groups is 1. The first-order valence-corrected chi connectivity index (χ1v) is 10.1. The van der Waals surface area contributed by atoms with E-state index in [1.807, 2.05) is 0 Å². The summed E-state index contributed by atoms with van der Waals surface area (Å²) in [5.74, 6) is -0.623. The van der Waals surface area contributed by atoms with Crippen LogP contribution in [0.15, 0.2) is 56.6 Å². The van der Waals surface area contributed by atoms with E-state index in [1.54, 1.807) is 13.0 Å². The van der Waals surface area contributed by atoms with Gasteiger partial charge in [0.2, 0.25) is 0 Å². The van der Waals surface area contributed by atoms with Crippen LogP contribution in [0.4, 0.5) is 11.4 Å². The largest absolute Gasteiger partial charge is 1.00 e. The molecular weight excluding hydrogens is 474 g/mol. The molecule has 0 radical (unpaired) electrons. The van der Waals surface area contributed by atoms with Crippen LogP contribution in [0.1, 0.15) is 6.92 Å². The van der Waals surface area contributed by atoms with Crippen LogP contribution in [-0.2, 0) is 14.9 Å². The molecule has 13 heteroatoms. The number of azo groups is 1. The van der Waals surface area contributed by atoms with Crippen LogP contribution in [0.2, 0.25) is 15.1 Å². The van der Waals surface area contributed by atoms with Crippen LogP contribution in [0, 0.1) is 0 Å². The number of benzene rings is 2. The maximum atomic E-state index is 12.7. The fourth-order valence-corrected chi connectivity index (χ4v) is 3.36. The van der Waals surface area contributed by atoms with Crippen molar-refractivity contribution < 1.29 is 47.3 Å². The zero-order chi connectivity index (χ0) is 20.6. The minimum atomic E-state index is -4.74. The summed E-state index contributed by atoms with van der Waals surface area (Å²) in [6, 6.07) is 6.75. The van der Waals surface area contributed by atoms with E-state index in [9.17, 15) is 17.8 Å². The Labute approximate surface area is 203 Å². The molecule has 0 bridgehead atoms. The van der Waals surface area contributed by atoms with Gasteiger partial charge < -0.3 is 4.55 Å². The number of anilines is 1. The number of carbonyl (C=O) groups excluding carboxylic acids is 1. The minimum Gasteiger partial charge on any atom is -0.744 e. The molecule has 0 aliphatic carbocycles. The third kappa shape index (κ3) is 5.36. The average molecular weight is 484 g/mol. The third-order valence-corrected chi connectivity index (χ3v) is 5.43. The molecular formula is C16H10Cl3N4NaO4S. The zero-order valence-electron chi connectivity index (χ0n) is 15.0. The summed E-state index contributed by atoms with van der Waals surface area (Å²) < 4.78 is 33.7. The molecule has 2 aromatic rings. The molecule has 0 N–H and O–H groups in total. The van der Waals surface area contributed by atoms with E-state index in [1.165, 1.54) is 18.2 Å². The van der Waals surface area contributed by atoms with E-state index in [2.05, 4.69) is 15.3 Å².